The molecule has 1 aliphatic heterocycles. The number of hydrogen-bond acceptors (Lipinski definition) is 4. The molecule has 4 heteroatoms. The topological polar surface area (TPSA) is 46.9 Å². The predicted molar refractivity (Wildman–Crippen MR) is 56.0 cm³/mol. The maximum atomic E-state index is 8.91. The van der Waals surface area contributed by atoms with Crippen molar-refractivity contribution in [1.82, 2.24) is 9.80 Å². The summed E-state index contributed by atoms with van der Waals surface area (Å²) in [4.78, 5) is 4.54. The first kappa shape index (κ1) is 11.9. The van der Waals surface area contributed by atoms with Gasteiger partial charge in [0, 0.05) is 13.1 Å². The summed E-state index contributed by atoms with van der Waals surface area (Å²) in [6.45, 7) is 6.08. The van der Waals surface area contributed by atoms with E-state index >= 15 is 0 Å². The smallest absolute Gasteiger partial charge is 0.0595 e. The van der Waals surface area contributed by atoms with E-state index in [4.69, 9.17) is 10.2 Å². The van der Waals surface area contributed by atoms with Crippen LogP contribution in [-0.2, 0) is 0 Å². The molecule has 1 atom stereocenters. The third-order valence-electron chi connectivity index (χ3n) is 2.97. The third-order valence-corrected chi connectivity index (χ3v) is 2.97. The molecule has 84 valence electrons. The average molecular weight is 202 g/mol. The number of rotatable bonds is 6. The number of aliphatic hydroxyl groups is 2. The van der Waals surface area contributed by atoms with E-state index in [0.29, 0.717) is 19.3 Å². The van der Waals surface area contributed by atoms with Crippen LogP contribution in [0.3, 0.4) is 0 Å². The van der Waals surface area contributed by atoms with Crippen molar-refractivity contribution in [3.63, 3.8) is 0 Å². The fraction of sp³-hybridized carbons (Fsp3) is 1.00. The fourth-order valence-electron chi connectivity index (χ4n) is 2.09. The van der Waals surface area contributed by atoms with Crippen LogP contribution in [0.15, 0.2) is 0 Å². The van der Waals surface area contributed by atoms with E-state index in [1.165, 1.54) is 12.8 Å². The van der Waals surface area contributed by atoms with Crippen molar-refractivity contribution < 1.29 is 10.2 Å². The van der Waals surface area contributed by atoms with Gasteiger partial charge in [-0.1, -0.05) is 0 Å². The first-order valence-electron chi connectivity index (χ1n) is 5.49. The highest BCUT2D eigenvalue weighted by Crippen LogP contribution is 2.13. The van der Waals surface area contributed by atoms with E-state index in [9.17, 15) is 0 Å². The molecular formula is C10H22N2O2. The van der Waals surface area contributed by atoms with Crippen LogP contribution < -0.4 is 0 Å². The van der Waals surface area contributed by atoms with Crippen molar-refractivity contribution in [2.45, 2.75) is 25.9 Å². The maximum absolute atomic E-state index is 8.91. The number of likely N-dealkylation sites (tertiary alicyclic amines) is 1. The van der Waals surface area contributed by atoms with E-state index in [1.54, 1.807) is 0 Å². The number of nitrogens with zero attached hydrogens (tertiary/aromatic N) is 2. The van der Waals surface area contributed by atoms with Gasteiger partial charge in [-0.05, 0) is 32.9 Å². The van der Waals surface area contributed by atoms with Crippen LogP contribution in [0.1, 0.15) is 19.8 Å². The molecule has 1 saturated heterocycles. The largest absolute Gasteiger partial charge is 0.395 e. The van der Waals surface area contributed by atoms with Crippen LogP contribution in [0.5, 0.6) is 0 Å². The molecule has 0 aromatic heterocycles. The van der Waals surface area contributed by atoms with Crippen LogP contribution in [0.4, 0.5) is 0 Å². The Kier molecular flexibility index (Phi) is 5.40. The van der Waals surface area contributed by atoms with E-state index in [1.807, 2.05) is 0 Å². The van der Waals surface area contributed by atoms with Crippen LogP contribution in [0.2, 0.25) is 0 Å². The van der Waals surface area contributed by atoms with Crippen molar-refractivity contribution >= 4 is 0 Å². The highest BCUT2D eigenvalue weighted by atomic mass is 16.3. The molecule has 1 unspecified atom stereocenters. The molecule has 0 aliphatic carbocycles. The lowest BCUT2D eigenvalue weighted by molar-refractivity contribution is 0.0445. The molecule has 0 amide bonds. The Morgan fingerprint density at radius 1 is 1.14 bits per heavy atom. The summed E-state index contributed by atoms with van der Waals surface area (Å²) in [5.74, 6) is 0. The zero-order valence-corrected chi connectivity index (χ0v) is 9.02. The van der Waals surface area contributed by atoms with Crippen molar-refractivity contribution in [1.29, 1.82) is 0 Å². The van der Waals surface area contributed by atoms with Crippen molar-refractivity contribution in [2.75, 3.05) is 39.4 Å². The van der Waals surface area contributed by atoms with Gasteiger partial charge in [-0.25, -0.2) is 0 Å². The maximum Gasteiger partial charge on any atom is 0.0595 e. The van der Waals surface area contributed by atoms with Crippen molar-refractivity contribution in [2.24, 2.45) is 0 Å². The summed E-state index contributed by atoms with van der Waals surface area (Å²) in [6, 6.07) is 0. The Balaban J connectivity index is 2.39. The van der Waals surface area contributed by atoms with Crippen LogP contribution in [0, 0.1) is 0 Å². The van der Waals surface area contributed by atoms with E-state index in [0.717, 1.165) is 13.1 Å². The zero-order valence-electron chi connectivity index (χ0n) is 9.02. The normalized spacial score (nSPS) is 20.6. The highest BCUT2D eigenvalue weighted by molar-refractivity contribution is 4.74. The number of hydrogen-bond donors (Lipinski definition) is 2. The molecule has 2 N–H and O–H groups in total. The molecule has 0 aromatic carbocycles. The van der Waals surface area contributed by atoms with Gasteiger partial charge in [-0.3, -0.25) is 9.80 Å². The Bertz CT molecular complexity index is 143. The first-order valence-corrected chi connectivity index (χ1v) is 5.49. The standard InChI is InChI=1S/C10H22N2O2/c1-10(11-4-2-3-5-11)12(6-8-13)7-9-14/h10,13-14H,2-9H2,1H3. The molecular weight excluding hydrogens is 180 g/mol. The molecule has 1 rings (SSSR count). The number of aliphatic hydroxyl groups excluding tert-OH is 2. The second kappa shape index (κ2) is 6.35. The molecule has 4 nitrogen and oxygen atoms in total. The Hall–Kier alpha value is -0.160. The van der Waals surface area contributed by atoms with Gasteiger partial charge in [-0.2, -0.15) is 0 Å². The monoisotopic (exact) mass is 202 g/mol. The summed E-state index contributed by atoms with van der Waals surface area (Å²) in [7, 11) is 0. The van der Waals surface area contributed by atoms with Gasteiger partial charge in [0.05, 0.1) is 19.4 Å². The quantitative estimate of drug-likeness (QED) is 0.621. The Morgan fingerprint density at radius 3 is 2.07 bits per heavy atom. The lowest BCUT2D eigenvalue weighted by atomic mass is 10.3. The van der Waals surface area contributed by atoms with Gasteiger partial charge in [0.1, 0.15) is 0 Å². The highest BCUT2D eigenvalue weighted by Gasteiger charge is 2.22. The summed E-state index contributed by atoms with van der Waals surface area (Å²) < 4.78 is 0. The SMILES string of the molecule is CC(N(CCO)CCO)N1CCCC1. The van der Waals surface area contributed by atoms with Crippen molar-refractivity contribution in [3.8, 4) is 0 Å². The van der Waals surface area contributed by atoms with Gasteiger partial charge >= 0.3 is 0 Å². The lowest BCUT2D eigenvalue weighted by Gasteiger charge is -2.34. The minimum Gasteiger partial charge on any atom is -0.395 e. The summed E-state index contributed by atoms with van der Waals surface area (Å²) in [5.41, 5.74) is 0. The molecule has 1 fully saturated rings. The Morgan fingerprint density at radius 2 is 1.64 bits per heavy atom. The molecule has 0 bridgehead atoms. The fourth-order valence-corrected chi connectivity index (χ4v) is 2.09. The summed E-state index contributed by atoms with van der Waals surface area (Å²) in [6.07, 6.45) is 2.89. The van der Waals surface area contributed by atoms with Crippen LogP contribution >= 0.6 is 0 Å². The Labute approximate surface area is 86.1 Å². The van der Waals surface area contributed by atoms with Gasteiger partial charge in [0.2, 0.25) is 0 Å². The first-order chi connectivity index (χ1) is 6.79. The molecule has 0 saturated carbocycles. The molecule has 14 heavy (non-hydrogen) atoms. The predicted octanol–water partition coefficient (Wildman–Crippen LogP) is -0.285. The van der Waals surface area contributed by atoms with Crippen molar-refractivity contribution in [3.05, 3.63) is 0 Å². The second-order valence-corrected chi connectivity index (χ2v) is 3.86. The van der Waals surface area contributed by atoms with E-state index < -0.39 is 0 Å². The van der Waals surface area contributed by atoms with Gasteiger partial charge in [0.15, 0.2) is 0 Å². The molecule has 0 radical (unpaired) electrons. The van der Waals surface area contributed by atoms with Gasteiger partial charge < -0.3 is 10.2 Å². The minimum absolute atomic E-state index is 0.165. The van der Waals surface area contributed by atoms with Crippen LogP contribution in [0.25, 0.3) is 0 Å². The van der Waals surface area contributed by atoms with E-state index in [-0.39, 0.29) is 13.2 Å². The third kappa shape index (κ3) is 3.20. The zero-order chi connectivity index (χ0) is 10.4. The summed E-state index contributed by atoms with van der Waals surface area (Å²) in [5, 5.41) is 17.8. The molecule has 0 aromatic rings. The van der Waals surface area contributed by atoms with E-state index in [2.05, 4.69) is 16.7 Å². The van der Waals surface area contributed by atoms with Crippen LogP contribution in [-0.4, -0.2) is 65.6 Å². The van der Waals surface area contributed by atoms with Gasteiger partial charge in [-0.15, -0.1) is 0 Å². The lowest BCUT2D eigenvalue weighted by Crippen LogP contribution is -2.47. The average Bonchev–Trinajstić information content (AvgIpc) is 2.69. The van der Waals surface area contributed by atoms with Gasteiger partial charge in [0.25, 0.3) is 0 Å². The molecule has 1 aliphatic rings. The molecule has 0 spiro atoms. The minimum atomic E-state index is 0.165. The molecule has 1 heterocycles. The second-order valence-electron chi connectivity index (χ2n) is 3.86. The summed E-state index contributed by atoms with van der Waals surface area (Å²) >= 11 is 0.